The van der Waals surface area contributed by atoms with Gasteiger partial charge in [-0.3, -0.25) is 0 Å². The first-order valence-electron chi connectivity index (χ1n) is 6.71. The lowest BCUT2D eigenvalue weighted by Gasteiger charge is -2.17. The van der Waals surface area contributed by atoms with Crippen LogP contribution in [-0.4, -0.2) is 26.4 Å². The summed E-state index contributed by atoms with van der Waals surface area (Å²) in [6, 6.07) is 13.0. The molecule has 0 fully saturated rings. The Morgan fingerprint density at radius 3 is 2.29 bits per heavy atom. The first-order valence-corrected chi connectivity index (χ1v) is 6.71. The van der Waals surface area contributed by atoms with E-state index in [-0.39, 0.29) is 0 Å². The highest BCUT2D eigenvalue weighted by Gasteiger charge is 2.16. The van der Waals surface area contributed by atoms with Crippen molar-refractivity contribution in [2.75, 3.05) is 21.3 Å². The van der Waals surface area contributed by atoms with Crippen molar-refractivity contribution in [2.45, 2.75) is 12.5 Å². The summed E-state index contributed by atoms with van der Waals surface area (Å²) in [5, 5.41) is 10.5. The van der Waals surface area contributed by atoms with Crippen molar-refractivity contribution in [1.82, 2.24) is 0 Å². The van der Waals surface area contributed by atoms with E-state index >= 15 is 0 Å². The van der Waals surface area contributed by atoms with Gasteiger partial charge in [0.2, 0.25) is 0 Å². The maximum Gasteiger partial charge on any atom is 0.128 e. The standard InChI is InChI=1S/C17H20O4/c1-19-13-8-9-14(17(11-13)21-3)15(18)10-12-6-4-5-7-16(12)20-2/h4-9,11,15,18H,10H2,1-3H3. The molecule has 1 atom stereocenters. The zero-order valence-corrected chi connectivity index (χ0v) is 12.5. The Morgan fingerprint density at radius 2 is 1.62 bits per heavy atom. The van der Waals surface area contributed by atoms with E-state index in [9.17, 15) is 5.11 Å². The van der Waals surface area contributed by atoms with Gasteiger partial charge in [0.15, 0.2) is 0 Å². The number of aliphatic hydroxyl groups is 1. The maximum atomic E-state index is 10.5. The molecule has 112 valence electrons. The monoisotopic (exact) mass is 288 g/mol. The van der Waals surface area contributed by atoms with Crippen molar-refractivity contribution in [3.8, 4) is 17.2 Å². The summed E-state index contributed by atoms with van der Waals surface area (Å²) in [4.78, 5) is 0. The lowest BCUT2D eigenvalue weighted by molar-refractivity contribution is 0.172. The highest BCUT2D eigenvalue weighted by atomic mass is 16.5. The summed E-state index contributed by atoms with van der Waals surface area (Å²) in [6.45, 7) is 0. The van der Waals surface area contributed by atoms with E-state index in [4.69, 9.17) is 14.2 Å². The number of hydrogen-bond acceptors (Lipinski definition) is 4. The van der Waals surface area contributed by atoms with E-state index in [1.165, 1.54) is 0 Å². The Morgan fingerprint density at radius 1 is 0.905 bits per heavy atom. The van der Waals surface area contributed by atoms with Crippen LogP contribution in [0.1, 0.15) is 17.2 Å². The molecule has 0 aliphatic rings. The largest absolute Gasteiger partial charge is 0.497 e. The van der Waals surface area contributed by atoms with Crippen LogP contribution in [0.25, 0.3) is 0 Å². The van der Waals surface area contributed by atoms with Gasteiger partial charge in [0.1, 0.15) is 17.2 Å². The quantitative estimate of drug-likeness (QED) is 0.887. The Balaban J connectivity index is 2.25. The van der Waals surface area contributed by atoms with Gasteiger partial charge in [0.05, 0.1) is 27.4 Å². The number of hydrogen-bond donors (Lipinski definition) is 1. The molecule has 0 aliphatic carbocycles. The van der Waals surface area contributed by atoms with Crippen molar-refractivity contribution in [3.63, 3.8) is 0 Å². The van der Waals surface area contributed by atoms with Gasteiger partial charge in [-0.05, 0) is 23.8 Å². The Labute approximate surface area is 124 Å². The third-order valence-corrected chi connectivity index (χ3v) is 3.41. The normalized spacial score (nSPS) is 11.8. The third kappa shape index (κ3) is 3.47. The fourth-order valence-corrected chi connectivity index (χ4v) is 2.28. The molecule has 21 heavy (non-hydrogen) atoms. The molecule has 1 unspecified atom stereocenters. The predicted molar refractivity (Wildman–Crippen MR) is 81.2 cm³/mol. The van der Waals surface area contributed by atoms with Crippen molar-refractivity contribution >= 4 is 0 Å². The molecular formula is C17H20O4. The number of methoxy groups -OCH3 is 3. The van der Waals surface area contributed by atoms with Crippen LogP contribution in [-0.2, 0) is 6.42 Å². The first kappa shape index (κ1) is 15.2. The van der Waals surface area contributed by atoms with Crippen molar-refractivity contribution < 1.29 is 19.3 Å². The predicted octanol–water partition coefficient (Wildman–Crippen LogP) is 2.99. The van der Waals surface area contributed by atoms with E-state index in [2.05, 4.69) is 0 Å². The van der Waals surface area contributed by atoms with Crippen LogP contribution >= 0.6 is 0 Å². The molecule has 2 rings (SSSR count). The zero-order valence-electron chi connectivity index (χ0n) is 12.5. The Hall–Kier alpha value is -2.20. The minimum Gasteiger partial charge on any atom is -0.497 e. The average Bonchev–Trinajstić information content (AvgIpc) is 2.54. The SMILES string of the molecule is COc1ccc(C(O)Cc2ccccc2OC)c(OC)c1. The van der Waals surface area contributed by atoms with Gasteiger partial charge in [0, 0.05) is 18.1 Å². The Kier molecular flexibility index (Phi) is 5.06. The third-order valence-electron chi connectivity index (χ3n) is 3.41. The minimum atomic E-state index is -0.679. The van der Waals surface area contributed by atoms with Crippen LogP contribution in [0, 0.1) is 0 Å². The molecule has 0 bridgehead atoms. The van der Waals surface area contributed by atoms with Crippen molar-refractivity contribution in [3.05, 3.63) is 53.6 Å². The summed E-state index contributed by atoms with van der Waals surface area (Å²) < 4.78 is 15.8. The molecule has 0 saturated carbocycles. The van der Waals surface area contributed by atoms with Crippen LogP contribution in [0.4, 0.5) is 0 Å². The van der Waals surface area contributed by atoms with Crippen LogP contribution in [0.2, 0.25) is 0 Å². The molecule has 4 heteroatoms. The second-order valence-electron chi connectivity index (χ2n) is 4.64. The Bertz CT molecular complexity index is 595. The second-order valence-corrected chi connectivity index (χ2v) is 4.64. The molecule has 0 spiro atoms. The second kappa shape index (κ2) is 6.99. The highest BCUT2D eigenvalue weighted by Crippen LogP contribution is 2.32. The molecule has 2 aromatic carbocycles. The molecule has 0 saturated heterocycles. The number of rotatable bonds is 6. The lowest BCUT2D eigenvalue weighted by atomic mass is 10.00. The summed E-state index contributed by atoms with van der Waals surface area (Å²) in [6.07, 6.45) is -0.227. The van der Waals surface area contributed by atoms with Gasteiger partial charge in [-0.2, -0.15) is 0 Å². The van der Waals surface area contributed by atoms with E-state index in [1.54, 1.807) is 27.4 Å². The van der Waals surface area contributed by atoms with Gasteiger partial charge >= 0.3 is 0 Å². The molecular weight excluding hydrogens is 268 g/mol. The smallest absolute Gasteiger partial charge is 0.128 e. The van der Waals surface area contributed by atoms with Gasteiger partial charge < -0.3 is 19.3 Å². The molecule has 0 amide bonds. The molecule has 4 nitrogen and oxygen atoms in total. The zero-order chi connectivity index (χ0) is 15.2. The van der Waals surface area contributed by atoms with Crippen molar-refractivity contribution in [2.24, 2.45) is 0 Å². The number of ether oxygens (including phenoxy) is 3. The van der Waals surface area contributed by atoms with Gasteiger partial charge in [-0.1, -0.05) is 18.2 Å². The fraction of sp³-hybridized carbons (Fsp3) is 0.294. The molecule has 0 aliphatic heterocycles. The summed E-state index contributed by atoms with van der Waals surface area (Å²) in [7, 11) is 4.80. The highest BCUT2D eigenvalue weighted by molar-refractivity contribution is 5.43. The summed E-state index contributed by atoms with van der Waals surface area (Å²) >= 11 is 0. The molecule has 0 aromatic heterocycles. The first-order chi connectivity index (χ1) is 10.2. The summed E-state index contributed by atoms with van der Waals surface area (Å²) in [5.41, 5.74) is 1.68. The molecule has 2 aromatic rings. The molecule has 1 N–H and O–H groups in total. The van der Waals surface area contributed by atoms with Crippen molar-refractivity contribution in [1.29, 1.82) is 0 Å². The van der Waals surface area contributed by atoms with Crippen LogP contribution < -0.4 is 14.2 Å². The van der Waals surface area contributed by atoms with Crippen LogP contribution in [0.15, 0.2) is 42.5 Å². The van der Waals surface area contributed by atoms with E-state index in [0.29, 0.717) is 17.9 Å². The topological polar surface area (TPSA) is 47.9 Å². The molecule has 0 heterocycles. The van der Waals surface area contributed by atoms with E-state index < -0.39 is 6.10 Å². The van der Waals surface area contributed by atoms with E-state index in [1.807, 2.05) is 36.4 Å². The van der Waals surface area contributed by atoms with E-state index in [0.717, 1.165) is 16.9 Å². The fourth-order valence-electron chi connectivity index (χ4n) is 2.28. The molecule has 0 radical (unpaired) electrons. The maximum absolute atomic E-state index is 10.5. The van der Waals surface area contributed by atoms with Gasteiger partial charge in [-0.25, -0.2) is 0 Å². The summed E-state index contributed by atoms with van der Waals surface area (Å²) in [5.74, 6) is 2.07. The van der Waals surface area contributed by atoms with Crippen LogP contribution in [0.3, 0.4) is 0 Å². The lowest BCUT2D eigenvalue weighted by Crippen LogP contribution is -2.05. The van der Waals surface area contributed by atoms with Crippen LogP contribution in [0.5, 0.6) is 17.2 Å². The van der Waals surface area contributed by atoms with Gasteiger partial charge in [0.25, 0.3) is 0 Å². The number of aliphatic hydroxyl groups excluding tert-OH is 1. The average molecular weight is 288 g/mol. The van der Waals surface area contributed by atoms with Gasteiger partial charge in [-0.15, -0.1) is 0 Å². The number of para-hydroxylation sites is 1. The number of benzene rings is 2. The minimum absolute atomic E-state index is 0.451.